The molecule has 2 heterocycles. The number of aryl methyl sites for hydroxylation is 1. The first-order valence-electron chi connectivity index (χ1n) is 13.9. The first kappa shape index (κ1) is 30.0. The molecule has 224 valence electrons. The smallest absolute Gasteiger partial charge is 0.330 e. The van der Waals surface area contributed by atoms with Gasteiger partial charge in [0.05, 0.1) is 26.9 Å². The van der Waals surface area contributed by atoms with Gasteiger partial charge in [-0.25, -0.2) is 4.79 Å². The van der Waals surface area contributed by atoms with Gasteiger partial charge in [-0.05, 0) is 47.9 Å². The largest absolute Gasteiger partial charge is 0.497 e. The first-order valence-corrected chi connectivity index (χ1v) is 13.9. The molecular formula is C33H34N2O8. The van der Waals surface area contributed by atoms with Gasteiger partial charge >= 0.3 is 5.69 Å². The second-order valence-electron chi connectivity index (χ2n) is 10.2. The molecule has 1 aromatic heterocycles. The number of rotatable bonds is 12. The van der Waals surface area contributed by atoms with E-state index >= 15 is 0 Å². The number of H-pyrrole nitrogens is 1. The van der Waals surface area contributed by atoms with E-state index in [1.165, 1.54) is 10.8 Å². The van der Waals surface area contributed by atoms with Crippen molar-refractivity contribution in [1.82, 2.24) is 9.55 Å². The molecule has 0 amide bonds. The molecule has 1 saturated heterocycles. The lowest BCUT2D eigenvalue weighted by atomic mass is 9.80. The average molecular weight is 587 g/mol. The van der Waals surface area contributed by atoms with Crippen molar-refractivity contribution in [2.75, 3.05) is 27.4 Å². The van der Waals surface area contributed by atoms with E-state index in [4.69, 9.17) is 23.7 Å². The van der Waals surface area contributed by atoms with Crippen molar-refractivity contribution in [2.24, 2.45) is 0 Å². The van der Waals surface area contributed by atoms with Gasteiger partial charge in [0.1, 0.15) is 42.3 Å². The van der Waals surface area contributed by atoms with Crippen molar-refractivity contribution in [2.45, 2.75) is 37.4 Å². The summed E-state index contributed by atoms with van der Waals surface area (Å²) in [6.45, 7) is 1.52. The maximum Gasteiger partial charge on any atom is 0.330 e. The molecule has 3 atom stereocenters. The summed E-state index contributed by atoms with van der Waals surface area (Å²) in [6.07, 6.45) is 0.468. The van der Waals surface area contributed by atoms with Crippen LogP contribution < -0.4 is 20.7 Å². The molecule has 5 rings (SSSR count). The molecule has 10 nitrogen and oxygen atoms in total. The van der Waals surface area contributed by atoms with Gasteiger partial charge in [-0.2, -0.15) is 0 Å². The molecule has 1 N–H and O–H groups in total. The van der Waals surface area contributed by atoms with Crippen LogP contribution in [0.5, 0.6) is 11.5 Å². The number of nitrogens with zero attached hydrogens (tertiary/aromatic N) is 1. The SMILES string of the molecule is COc1ccc(C(OC[C@H]2O[C@@H](n3cc(C)c(=O)[nH]c3=O)C[C@@H]2OCC=O)(c2ccccc2)c2ccc(OC)cc2)cc1. The maximum atomic E-state index is 12.7. The Morgan fingerprint density at radius 3 is 2.05 bits per heavy atom. The van der Waals surface area contributed by atoms with Gasteiger partial charge < -0.3 is 28.5 Å². The number of carbonyl (C=O) groups is 1. The zero-order valence-electron chi connectivity index (χ0n) is 24.2. The van der Waals surface area contributed by atoms with Gasteiger partial charge in [0, 0.05) is 18.2 Å². The van der Waals surface area contributed by atoms with Crippen LogP contribution in [0.2, 0.25) is 0 Å². The maximum absolute atomic E-state index is 12.7. The topological polar surface area (TPSA) is 118 Å². The monoisotopic (exact) mass is 586 g/mol. The highest BCUT2D eigenvalue weighted by Crippen LogP contribution is 2.43. The van der Waals surface area contributed by atoms with E-state index in [0.29, 0.717) is 23.3 Å². The molecule has 4 aromatic rings. The molecule has 10 heteroatoms. The Hall–Kier alpha value is -4.51. The number of methoxy groups -OCH3 is 2. The third kappa shape index (κ3) is 6.17. The van der Waals surface area contributed by atoms with Gasteiger partial charge in [-0.3, -0.25) is 14.3 Å². The van der Waals surface area contributed by atoms with Crippen LogP contribution in [-0.2, 0) is 24.6 Å². The molecule has 0 bridgehead atoms. The van der Waals surface area contributed by atoms with E-state index in [0.717, 1.165) is 16.7 Å². The summed E-state index contributed by atoms with van der Waals surface area (Å²) in [5.74, 6) is 1.40. The molecule has 1 fully saturated rings. The van der Waals surface area contributed by atoms with Crippen LogP contribution in [0.15, 0.2) is 94.6 Å². The van der Waals surface area contributed by atoms with Crippen molar-refractivity contribution >= 4 is 6.29 Å². The van der Waals surface area contributed by atoms with Crippen LogP contribution in [0.3, 0.4) is 0 Å². The normalized spacial score (nSPS) is 18.3. The zero-order valence-corrected chi connectivity index (χ0v) is 24.2. The van der Waals surface area contributed by atoms with Crippen molar-refractivity contribution in [3.8, 4) is 11.5 Å². The minimum Gasteiger partial charge on any atom is -0.497 e. The number of carbonyl (C=O) groups excluding carboxylic acids is 1. The predicted octanol–water partition coefficient (Wildman–Crippen LogP) is 3.74. The Bertz CT molecular complexity index is 1580. The Kier molecular flexibility index (Phi) is 9.20. The number of hydrogen-bond acceptors (Lipinski definition) is 8. The number of hydrogen-bond donors (Lipinski definition) is 1. The minimum absolute atomic E-state index is 0.0457. The number of aldehydes is 1. The van der Waals surface area contributed by atoms with Gasteiger partial charge in [0.2, 0.25) is 0 Å². The highest BCUT2D eigenvalue weighted by molar-refractivity contribution is 5.51. The Balaban J connectivity index is 1.56. The second-order valence-corrected chi connectivity index (χ2v) is 10.2. The van der Waals surface area contributed by atoms with E-state index in [-0.39, 0.29) is 19.6 Å². The summed E-state index contributed by atoms with van der Waals surface area (Å²) in [6, 6.07) is 25.2. The molecule has 1 aliphatic rings. The Labute approximate surface area is 248 Å². The summed E-state index contributed by atoms with van der Waals surface area (Å²) >= 11 is 0. The summed E-state index contributed by atoms with van der Waals surface area (Å²) in [5, 5.41) is 0. The van der Waals surface area contributed by atoms with Crippen LogP contribution in [0.4, 0.5) is 0 Å². The molecule has 0 aliphatic carbocycles. The molecule has 3 aromatic carbocycles. The third-order valence-corrected chi connectivity index (χ3v) is 7.65. The average Bonchev–Trinajstić information content (AvgIpc) is 3.45. The molecule has 0 spiro atoms. The van der Waals surface area contributed by atoms with E-state index in [1.54, 1.807) is 21.1 Å². The number of nitrogens with one attached hydrogen (secondary N) is 1. The van der Waals surface area contributed by atoms with E-state index in [1.807, 2.05) is 78.9 Å². The van der Waals surface area contributed by atoms with Gasteiger partial charge in [0.15, 0.2) is 0 Å². The molecule has 0 radical (unpaired) electrons. The summed E-state index contributed by atoms with van der Waals surface area (Å²) < 4.78 is 31.4. The molecule has 1 aliphatic heterocycles. The lowest BCUT2D eigenvalue weighted by molar-refractivity contribution is -0.121. The lowest BCUT2D eigenvalue weighted by Crippen LogP contribution is -2.38. The van der Waals surface area contributed by atoms with Gasteiger partial charge in [0.25, 0.3) is 5.56 Å². The van der Waals surface area contributed by atoms with E-state index in [2.05, 4.69) is 4.98 Å². The predicted molar refractivity (Wildman–Crippen MR) is 159 cm³/mol. The van der Waals surface area contributed by atoms with Crippen LogP contribution >= 0.6 is 0 Å². The number of ether oxygens (including phenoxy) is 5. The Morgan fingerprint density at radius 1 is 0.907 bits per heavy atom. The lowest BCUT2D eigenvalue weighted by Gasteiger charge is -2.37. The minimum atomic E-state index is -1.10. The number of aromatic nitrogens is 2. The summed E-state index contributed by atoms with van der Waals surface area (Å²) in [4.78, 5) is 38.2. The molecular weight excluding hydrogens is 552 g/mol. The van der Waals surface area contributed by atoms with E-state index in [9.17, 15) is 14.4 Å². The molecule has 0 saturated carbocycles. The van der Waals surface area contributed by atoms with Crippen LogP contribution in [0.25, 0.3) is 0 Å². The van der Waals surface area contributed by atoms with E-state index < -0.39 is 35.3 Å². The van der Waals surface area contributed by atoms with Crippen LogP contribution in [0.1, 0.15) is 34.9 Å². The number of benzene rings is 3. The van der Waals surface area contributed by atoms with Crippen LogP contribution in [0, 0.1) is 6.92 Å². The number of aromatic amines is 1. The quantitative estimate of drug-likeness (QED) is 0.197. The van der Waals surface area contributed by atoms with Crippen molar-refractivity contribution < 1.29 is 28.5 Å². The van der Waals surface area contributed by atoms with Gasteiger partial charge in [-0.1, -0.05) is 54.6 Å². The van der Waals surface area contributed by atoms with Crippen molar-refractivity contribution in [3.63, 3.8) is 0 Å². The summed E-state index contributed by atoms with van der Waals surface area (Å²) in [7, 11) is 3.23. The highest BCUT2D eigenvalue weighted by atomic mass is 16.6. The second kappa shape index (κ2) is 13.2. The fourth-order valence-corrected chi connectivity index (χ4v) is 5.44. The van der Waals surface area contributed by atoms with Crippen LogP contribution in [-0.4, -0.2) is 55.5 Å². The van der Waals surface area contributed by atoms with Crippen molar-refractivity contribution in [1.29, 1.82) is 0 Å². The Morgan fingerprint density at radius 2 is 1.49 bits per heavy atom. The molecule has 43 heavy (non-hydrogen) atoms. The highest BCUT2D eigenvalue weighted by Gasteiger charge is 2.43. The van der Waals surface area contributed by atoms with Gasteiger partial charge in [-0.15, -0.1) is 0 Å². The van der Waals surface area contributed by atoms with Crippen molar-refractivity contribution in [3.05, 3.63) is 128 Å². The standard InChI is InChI=1S/C33H34N2O8/c1-22-20-35(32(38)34-31(22)37)30-19-28(41-18-17-36)29(43-30)21-42-33(23-7-5-4-6-8-23,24-9-13-26(39-2)14-10-24)25-11-15-27(40-3)16-12-25/h4-17,20,28-30H,18-19,21H2,1-3H3,(H,34,37,38)/t28-,29+,30+/m0/s1. The third-order valence-electron chi connectivity index (χ3n) is 7.65. The first-order chi connectivity index (χ1) is 20.9. The fraction of sp³-hybridized carbons (Fsp3) is 0.303. The fourth-order valence-electron chi connectivity index (χ4n) is 5.44. The zero-order chi connectivity index (χ0) is 30.4. The summed E-state index contributed by atoms with van der Waals surface area (Å²) in [5.41, 5.74) is 0.787. The molecule has 0 unspecified atom stereocenters.